The van der Waals surface area contributed by atoms with Gasteiger partial charge in [-0.2, -0.15) is 0 Å². The number of hydrogen-bond acceptors (Lipinski definition) is 2. The fraction of sp³-hybridized carbons (Fsp3) is 0.243. The molecule has 0 fully saturated rings. The van der Waals surface area contributed by atoms with Crippen LogP contribution in [0.5, 0.6) is 11.5 Å². The van der Waals surface area contributed by atoms with Crippen molar-refractivity contribution in [2.24, 2.45) is 0 Å². The SMILES string of the molecule is CCCCC1(CCCC)c2cc(/C=C/c3ccc(O)cc3)ccc2-c2ccc(/C=C/c3ccc(O)cc3)cc21. The minimum atomic E-state index is 0.0153. The third-order valence-electron chi connectivity index (χ3n) is 8.05. The summed E-state index contributed by atoms with van der Waals surface area (Å²) in [6, 6.07) is 28.6. The molecule has 2 N–H and O–H groups in total. The number of fused-ring (bicyclic) bond motifs is 3. The standard InChI is InChI=1S/C37H38O2/c1-3-5-23-37(24-6-4-2)35-25-29(9-7-27-11-17-31(38)18-12-27)15-21-33(35)34-22-16-30(26-36(34)37)10-8-28-13-19-32(39)20-14-28/h7-22,25-26,38-39H,3-6,23-24H2,1-2H3/b9-7+,10-8+. The highest BCUT2D eigenvalue weighted by atomic mass is 16.3. The molecule has 0 saturated heterocycles. The normalized spacial score (nSPS) is 13.7. The summed E-state index contributed by atoms with van der Waals surface area (Å²) in [7, 11) is 0. The maximum Gasteiger partial charge on any atom is 0.115 e. The van der Waals surface area contributed by atoms with E-state index in [1.165, 1.54) is 59.1 Å². The fourth-order valence-electron chi connectivity index (χ4n) is 5.91. The smallest absolute Gasteiger partial charge is 0.115 e. The quantitative estimate of drug-likeness (QED) is 0.207. The molecule has 0 aliphatic heterocycles. The maximum atomic E-state index is 9.62. The molecule has 2 nitrogen and oxygen atoms in total. The molecule has 2 heteroatoms. The van der Waals surface area contributed by atoms with Crippen LogP contribution < -0.4 is 0 Å². The van der Waals surface area contributed by atoms with Crippen molar-refractivity contribution >= 4 is 24.3 Å². The van der Waals surface area contributed by atoms with Gasteiger partial charge in [-0.3, -0.25) is 0 Å². The molecule has 0 atom stereocenters. The maximum absolute atomic E-state index is 9.62. The first kappa shape index (κ1) is 26.6. The van der Waals surface area contributed by atoms with Crippen LogP contribution in [0.25, 0.3) is 35.4 Å². The molecule has 0 unspecified atom stereocenters. The first-order chi connectivity index (χ1) is 19.0. The molecule has 1 aliphatic carbocycles. The van der Waals surface area contributed by atoms with E-state index < -0.39 is 0 Å². The summed E-state index contributed by atoms with van der Waals surface area (Å²) in [5.41, 5.74) is 10.2. The van der Waals surface area contributed by atoms with E-state index in [9.17, 15) is 10.2 Å². The summed E-state index contributed by atoms with van der Waals surface area (Å²) in [4.78, 5) is 0. The molecule has 198 valence electrons. The first-order valence-corrected chi connectivity index (χ1v) is 14.3. The van der Waals surface area contributed by atoms with Crippen LogP contribution in [0.4, 0.5) is 0 Å². The lowest BCUT2D eigenvalue weighted by atomic mass is 9.70. The van der Waals surface area contributed by atoms with Gasteiger partial charge in [-0.25, -0.2) is 0 Å². The highest BCUT2D eigenvalue weighted by molar-refractivity contribution is 5.85. The van der Waals surface area contributed by atoms with Gasteiger partial charge in [0.15, 0.2) is 0 Å². The minimum Gasteiger partial charge on any atom is -0.508 e. The fourth-order valence-corrected chi connectivity index (χ4v) is 5.91. The summed E-state index contributed by atoms with van der Waals surface area (Å²) in [5, 5.41) is 19.2. The number of phenols is 2. The average Bonchev–Trinajstić information content (AvgIpc) is 3.23. The van der Waals surface area contributed by atoms with E-state index in [4.69, 9.17) is 0 Å². The van der Waals surface area contributed by atoms with Crippen molar-refractivity contribution in [3.63, 3.8) is 0 Å². The van der Waals surface area contributed by atoms with Crippen molar-refractivity contribution in [3.05, 3.63) is 118 Å². The molecule has 0 radical (unpaired) electrons. The lowest BCUT2D eigenvalue weighted by Gasteiger charge is -2.33. The average molecular weight is 515 g/mol. The molecule has 0 aromatic heterocycles. The van der Waals surface area contributed by atoms with Crippen LogP contribution in [0, 0.1) is 0 Å². The molecule has 4 aromatic carbocycles. The van der Waals surface area contributed by atoms with E-state index in [-0.39, 0.29) is 16.9 Å². The van der Waals surface area contributed by atoms with E-state index in [1.54, 1.807) is 24.3 Å². The largest absolute Gasteiger partial charge is 0.508 e. The lowest BCUT2D eigenvalue weighted by Crippen LogP contribution is -2.25. The summed E-state index contributed by atoms with van der Waals surface area (Å²) in [6.45, 7) is 4.58. The highest BCUT2D eigenvalue weighted by Crippen LogP contribution is 2.54. The lowest BCUT2D eigenvalue weighted by molar-refractivity contribution is 0.414. The zero-order chi connectivity index (χ0) is 27.2. The monoisotopic (exact) mass is 514 g/mol. The van der Waals surface area contributed by atoms with Crippen LogP contribution in [0.3, 0.4) is 0 Å². The van der Waals surface area contributed by atoms with Gasteiger partial charge < -0.3 is 10.2 Å². The van der Waals surface area contributed by atoms with Crippen molar-refractivity contribution in [2.75, 3.05) is 0 Å². The van der Waals surface area contributed by atoms with Gasteiger partial charge in [0.2, 0.25) is 0 Å². The predicted molar refractivity (Wildman–Crippen MR) is 166 cm³/mol. The number of hydrogen-bond donors (Lipinski definition) is 2. The van der Waals surface area contributed by atoms with Crippen LogP contribution in [-0.2, 0) is 5.41 Å². The van der Waals surface area contributed by atoms with Crippen molar-refractivity contribution in [2.45, 2.75) is 57.8 Å². The summed E-state index contributed by atoms with van der Waals surface area (Å²) >= 11 is 0. The summed E-state index contributed by atoms with van der Waals surface area (Å²) in [5.74, 6) is 0.577. The predicted octanol–water partition coefficient (Wildman–Crippen LogP) is 10.1. The van der Waals surface area contributed by atoms with Gasteiger partial charge >= 0.3 is 0 Å². The Morgan fingerprint density at radius 3 is 1.26 bits per heavy atom. The second kappa shape index (κ2) is 11.8. The second-order valence-corrected chi connectivity index (χ2v) is 10.7. The second-order valence-electron chi connectivity index (χ2n) is 10.7. The topological polar surface area (TPSA) is 40.5 Å². The Morgan fingerprint density at radius 2 is 0.872 bits per heavy atom. The van der Waals surface area contributed by atoms with Gasteiger partial charge in [0.1, 0.15) is 11.5 Å². The molecule has 0 bridgehead atoms. The molecule has 1 aliphatic rings. The van der Waals surface area contributed by atoms with Gasteiger partial charge in [-0.15, -0.1) is 0 Å². The Labute approximate surface area is 233 Å². The van der Waals surface area contributed by atoms with E-state index in [0.717, 1.165) is 24.0 Å². The third kappa shape index (κ3) is 5.71. The minimum absolute atomic E-state index is 0.0153. The van der Waals surface area contributed by atoms with Gasteiger partial charge in [-0.1, -0.05) is 124 Å². The number of benzene rings is 4. The van der Waals surface area contributed by atoms with E-state index in [2.05, 4.69) is 74.5 Å². The molecule has 5 rings (SSSR count). The molecule has 4 aromatic rings. The van der Waals surface area contributed by atoms with Crippen molar-refractivity contribution in [1.29, 1.82) is 0 Å². The van der Waals surface area contributed by atoms with E-state index >= 15 is 0 Å². The number of aromatic hydroxyl groups is 2. The zero-order valence-electron chi connectivity index (χ0n) is 23.0. The Bertz CT molecular complexity index is 1360. The summed E-state index contributed by atoms with van der Waals surface area (Å²) < 4.78 is 0. The Hall–Kier alpha value is -4.04. The van der Waals surface area contributed by atoms with Crippen LogP contribution in [0.1, 0.15) is 85.8 Å². The van der Waals surface area contributed by atoms with Crippen molar-refractivity contribution in [1.82, 2.24) is 0 Å². The van der Waals surface area contributed by atoms with Gasteiger partial charge in [0, 0.05) is 5.41 Å². The van der Waals surface area contributed by atoms with Crippen molar-refractivity contribution < 1.29 is 10.2 Å². The van der Waals surface area contributed by atoms with Crippen LogP contribution in [0.15, 0.2) is 84.9 Å². The Balaban J connectivity index is 1.56. The number of phenolic OH excluding ortho intramolecular Hbond substituents is 2. The zero-order valence-corrected chi connectivity index (χ0v) is 23.0. The molecule has 0 spiro atoms. The van der Waals surface area contributed by atoms with Crippen molar-refractivity contribution in [3.8, 4) is 22.6 Å². The van der Waals surface area contributed by atoms with E-state index in [0.29, 0.717) is 0 Å². The highest BCUT2D eigenvalue weighted by Gasteiger charge is 2.42. The molecule has 0 heterocycles. The van der Waals surface area contributed by atoms with Crippen LogP contribution in [0.2, 0.25) is 0 Å². The Kier molecular flexibility index (Phi) is 8.02. The van der Waals surface area contributed by atoms with E-state index in [1.807, 2.05) is 24.3 Å². The van der Waals surface area contributed by atoms with Crippen LogP contribution >= 0.6 is 0 Å². The van der Waals surface area contributed by atoms with Gasteiger partial charge in [-0.05, 0) is 81.6 Å². The number of unbranched alkanes of at least 4 members (excludes halogenated alkanes) is 2. The Morgan fingerprint density at radius 1 is 0.513 bits per heavy atom. The molecule has 39 heavy (non-hydrogen) atoms. The number of rotatable bonds is 10. The van der Waals surface area contributed by atoms with Gasteiger partial charge in [0.05, 0.1) is 0 Å². The molecular weight excluding hydrogens is 476 g/mol. The van der Waals surface area contributed by atoms with Crippen LogP contribution in [-0.4, -0.2) is 10.2 Å². The molecule has 0 saturated carbocycles. The first-order valence-electron chi connectivity index (χ1n) is 14.3. The van der Waals surface area contributed by atoms with Gasteiger partial charge in [0.25, 0.3) is 0 Å². The molecular formula is C37H38O2. The molecule has 0 amide bonds. The summed E-state index contributed by atoms with van der Waals surface area (Å²) in [6.07, 6.45) is 15.7. The third-order valence-corrected chi connectivity index (χ3v) is 8.05.